The number of carbonyl (C=O) groups excluding carboxylic acids is 2. The van der Waals surface area contributed by atoms with Gasteiger partial charge in [-0.05, 0) is 56.4 Å². The Hall–Kier alpha value is -3.55. The molecule has 8 heteroatoms. The van der Waals surface area contributed by atoms with Crippen molar-refractivity contribution in [2.45, 2.75) is 38.6 Å². The number of hydrogen-bond acceptors (Lipinski definition) is 4. The Morgan fingerprint density at radius 3 is 2.56 bits per heavy atom. The summed E-state index contributed by atoms with van der Waals surface area (Å²) in [7, 11) is 3.18. The van der Waals surface area contributed by atoms with E-state index in [-0.39, 0.29) is 29.5 Å². The van der Waals surface area contributed by atoms with E-state index in [2.05, 4.69) is 15.6 Å². The van der Waals surface area contributed by atoms with E-state index in [0.29, 0.717) is 42.5 Å². The summed E-state index contributed by atoms with van der Waals surface area (Å²) in [6.07, 6.45) is 2.81. The van der Waals surface area contributed by atoms with E-state index >= 15 is 0 Å². The van der Waals surface area contributed by atoms with Gasteiger partial charge in [0.05, 0.1) is 23.7 Å². The van der Waals surface area contributed by atoms with E-state index in [1.807, 2.05) is 31.2 Å². The molecule has 2 amide bonds. The molecule has 3 aromatic rings. The number of aryl methyl sites for hydroxylation is 1. The molecule has 0 unspecified atom stereocenters. The van der Waals surface area contributed by atoms with Gasteiger partial charge in [-0.2, -0.15) is 0 Å². The summed E-state index contributed by atoms with van der Waals surface area (Å²) in [5.41, 5.74) is 3.21. The minimum atomic E-state index is -0.239. The highest BCUT2D eigenvalue weighted by molar-refractivity contribution is 6.04. The first-order valence-corrected chi connectivity index (χ1v) is 10.8. The van der Waals surface area contributed by atoms with Crippen molar-refractivity contribution in [2.24, 2.45) is 5.92 Å². The first kappa shape index (κ1) is 21.7. The minimum absolute atomic E-state index is 0.0115. The average Bonchev–Trinajstić information content (AvgIpc) is 3.15. The van der Waals surface area contributed by atoms with E-state index < -0.39 is 0 Å². The molecule has 0 aliphatic heterocycles. The fraction of sp³-hybridized carbons (Fsp3) is 0.375. The van der Waals surface area contributed by atoms with Gasteiger partial charge in [0.15, 0.2) is 0 Å². The average molecular weight is 437 g/mol. The van der Waals surface area contributed by atoms with Crippen molar-refractivity contribution < 1.29 is 14.3 Å². The standard InChI is InChI=1S/C24H28N4O4/c1-14-7-10-16(13-20(14)32-3)26-22(29)15-8-11-17(12-9-15)28-19-6-4-5-18(23(30)25-2)21(19)27-24(28)31/h4-7,10,13,15,17H,8-9,11-12H2,1-3H3,(H,25,30)(H,26,29)(H,27,31)/t15-,17+. The molecule has 4 rings (SSSR count). The Balaban J connectivity index is 1.48. The summed E-state index contributed by atoms with van der Waals surface area (Å²) in [4.78, 5) is 40.5. The predicted molar refractivity (Wildman–Crippen MR) is 123 cm³/mol. The molecule has 0 saturated heterocycles. The number of para-hydroxylation sites is 1. The van der Waals surface area contributed by atoms with Crippen molar-refractivity contribution in [1.29, 1.82) is 0 Å². The Bertz CT molecular complexity index is 1220. The number of H-pyrrole nitrogens is 1. The molecule has 32 heavy (non-hydrogen) atoms. The lowest BCUT2D eigenvalue weighted by Gasteiger charge is -2.28. The van der Waals surface area contributed by atoms with Crippen LogP contribution in [0.2, 0.25) is 0 Å². The zero-order chi connectivity index (χ0) is 22.8. The third-order valence-electron chi connectivity index (χ3n) is 6.33. The van der Waals surface area contributed by atoms with Crippen molar-refractivity contribution in [3.8, 4) is 5.75 Å². The van der Waals surface area contributed by atoms with Crippen LogP contribution in [0.15, 0.2) is 41.2 Å². The quantitative estimate of drug-likeness (QED) is 0.570. The number of imidazole rings is 1. The first-order chi connectivity index (χ1) is 15.4. The summed E-state index contributed by atoms with van der Waals surface area (Å²) in [6.45, 7) is 1.95. The lowest BCUT2D eigenvalue weighted by Crippen LogP contribution is -2.31. The topological polar surface area (TPSA) is 105 Å². The number of anilines is 1. The number of aromatic amines is 1. The molecule has 1 aliphatic rings. The van der Waals surface area contributed by atoms with E-state index in [1.165, 1.54) is 0 Å². The summed E-state index contributed by atoms with van der Waals surface area (Å²) < 4.78 is 7.07. The van der Waals surface area contributed by atoms with E-state index in [9.17, 15) is 14.4 Å². The van der Waals surface area contributed by atoms with Crippen molar-refractivity contribution in [2.75, 3.05) is 19.5 Å². The van der Waals surface area contributed by atoms with Crippen molar-refractivity contribution in [3.05, 3.63) is 58.0 Å². The Morgan fingerprint density at radius 1 is 1.12 bits per heavy atom. The minimum Gasteiger partial charge on any atom is -0.496 e. The highest BCUT2D eigenvalue weighted by atomic mass is 16.5. The van der Waals surface area contributed by atoms with Crippen LogP contribution in [-0.2, 0) is 4.79 Å². The molecule has 2 aromatic carbocycles. The predicted octanol–water partition coefficient (Wildman–Crippen LogP) is 3.38. The number of fused-ring (bicyclic) bond motifs is 1. The SMILES string of the molecule is CNC(=O)c1cccc2c1[nH]c(=O)n2[C@H]1CC[C@@H](C(=O)Nc2ccc(C)c(OC)c2)CC1. The van der Waals surface area contributed by atoms with Gasteiger partial charge in [-0.15, -0.1) is 0 Å². The Morgan fingerprint density at radius 2 is 1.88 bits per heavy atom. The second-order valence-corrected chi connectivity index (χ2v) is 8.26. The third-order valence-corrected chi connectivity index (χ3v) is 6.33. The molecule has 1 fully saturated rings. The van der Waals surface area contributed by atoms with Crippen LogP contribution in [0.1, 0.15) is 47.6 Å². The largest absolute Gasteiger partial charge is 0.496 e. The molecular weight excluding hydrogens is 408 g/mol. The maximum absolute atomic E-state index is 12.8. The van der Waals surface area contributed by atoms with Crippen LogP contribution in [0, 0.1) is 12.8 Å². The van der Waals surface area contributed by atoms with Crippen LogP contribution in [0.25, 0.3) is 11.0 Å². The zero-order valence-corrected chi connectivity index (χ0v) is 18.5. The van der Waals surface area contributed by atoms with Crippen LogP contribution in [0.3, 0.4) is 0 Å². The van der Waals surface area contributed by atoms with Crippen LogP contribution in [0.5, 0.6) is 5.75 Å². The highest BCUT2D eigenvalue weighted by Crippen LogP contribution is 2.34. The number of aromatic nitrogens is 2. The molecule has 1 aromatic heterocycles. The van der Waals surface area contributed by atoms with Crippen LogP contribution in [0.4, 0.5) is 5.69 Å². The Kier molecular flexibility index (Phi) is 6.03. The molecule has 8 nitrogen and oxygen atoms in total. The van der Waals surface area contributed by atoms with Crippen LogP contribution >= 0.6 is 0 Å². The molecule has 168 valence electrons. The Labute approximate surface area is 186 Å². The van der Waals surface area contributed by atoms with Gasteiger partial charge >= 0.3 is 5.69 Å². The molecule has 1 heterocycles. The van der Waals surface area contributed by atoms with Crippen LogP contribution < -0.4 is 21.1 Å². The van der Waals surface area contributed by atoms with Gasteiger partial charge in [-0.3, -0.25) is 14.2 Å². The van der Waals surface area contributed by atoms with Gasteiger partial charge in [0, 0.05) is 30.8 Å². The number of amides is 2. The number of nitrogens with one attached hydrogen (secondary N) is 3. The molecule has 0 bridgehead atoms. The first-order valence-electron chi connectivity index (χ1n) is 10.8. The van der Waals surface area contributed by atoms with E-state index in [4.69, 9.17) is 4.74 Å². The summed E-state index contributed by atoms with van der Waals surface area (Å²) in [6, 6.07) is 10.9. The summed E-state index contributed by atoms with van der Waals surface area (Å²) in [5, 5.41) is 5.60. The zero-order valence-electron chi connectivity index (χ0n) is 18.5. The number of hydrogen-bond donors (Lipinski definition) is 3. The van der Waals surface area contributed by atoms with Gasteiger partial charge < -0.3 is 20.4 Å². The summed E-state index contributed by atoms with van der Waals surface area (Å²) >= 11 is 0. The van der Waals surface area contributed by atoms with Gasteiger partial charge in [0.1, 0.15) is 5.75 Å². The molecule has 3 N–H and O–H groups in total. The number of benzene rings is 2. The monoisotopic (exact) mass is 436 g/mol. The summed E-state index contributed by atoms with van der Waals surface area (Å²) in [5.74, 6) is 0.377. The number of rotatable bonds is 5. The maximum Gasteiger partial charge on any atom is 0.326 e. The lowest BCUT2D eigenvalue weighted by atomic mass is 9.85. The van der Waals surface area contributed by atoms with Crippen LogP contribution in [-0.4, -0.2) is 35.5 Å². The van der Waals surface area contributed by atoms with Gasteiger partial charge in [0.2, 0.25) is 5.91 Å². The number of methoxy groups -OCH3 is 1. The van der Waals surface area contributed by atoms with E-state index in [0.717, 1.165) is 16.8 Å². The van der Waals surface area contributed by atoms with E-state index in [1.54, 1.807) is 30.9 Å². The third kappa shape index (κ3) is 4.00. The van der Waals surface area contributed by atoms with Crippen molar-refractivity contribution in [1.82, 2.24) is 14.9 Å². The number of carbonyl (C=O) groups is 2. The molecule has 0 spiro atoms. The smallest absolute Gasteiger partial charge is 0.326 e. The lowest BCUT2D eigenvalue weighted by molar-refractivity contribution is -0.121. The second-order valence-electron chi connectivity index (χ2n) is 8.26. The molecule has 1 aliphatic carbocycles. The molecular formula is C24H28N4O4. The normalized spacial score (nSPS) is 18.3. The van der Waals surface area contributed by atoms with Crippen molar-refractivity contribution in [3.63, 3.8) is 0 Å². The molecule has 0 atom stereocenters. The number of nitrogens with zero attached hydrogens (tertiary/aromatic N) is 1. The molecule has 1 saturated carbocycles. The maximum atomic E-state index is 12.8. The fourth-order valence-electron chi connectivity index (χ4n) is 4.57. The number of ether oxygens (including phenoxy) is 1. The van der Waals surface area contributed by atoms with Gasteiger partial charge in [0.25, 0.3) is 5.91 Å². The fourth-order valence-corrected chi connectivity index (χ4v) is 4.57. The van der Waals surface area contributed by atoms with Gasteiger partial charge in [-0.1, -0.05) is 12.1 Å². The van der Waals surface area contributed by atoms with Crippen molar-refractivity contribution >= 4 is 28.5 Å². The second kappa shape index (κ2) is 8.90. The highest BCUT2D eigenvalue weighted by Gasteiger charge is 2.29. The molecule has 0 radical (unpaired) electrons. The van der Waals surface area contributed by atoms with Gasteiger partial charge in [-0.25, -0.2) is 4.79 Å².